The highest BCUT2D eigenvalue weighted by molar-refractivity contribution is 7.92. The van der Waals surface area contributed by atoms with Crippen molar-refractivity contribution in [1.29, 1.82) is 0 Å². The van der Waals surface area contributed by atoms with Crippen LogP contribution in [0.1, 0.15) is 30.9 Å². The van der Waals surface area contributed by atoms with E-state index in [0.717, 1.165) is 22.7 Å². The van der Waals surface area contributed by atoms with E-state index in [2.05, 4.69) is 5.32 Å². The Morgan fingerprint density at radius 3 is 2.07 bits per heavy atom. The number of carbonyl (C=O) groups excluding carboxylic acids is 2. The van der Waals surface area contributed by atoms with Crippen molar-refractivity contribution in [2.24, 2.45) is 0 Å². The summed E-state index contributed by atoms with van der Waals surface area (Å²) < 4.78 is 29.1. The second kappa shape index (κ2) is 16.1. The first-order valence-corrected chi connectivity index (χ1v) is 17.1. The first-order chi connectivity index (χ1) is 21.6. The number of benzene rings is 4. The van der Waals surface area contributed by atoms with Crippen LogP contribution in [0.25, 0.3) is 0 Å². The van der Waals surface area contributed by atoms with Gasteiger partial charge in [0.05, 0.1) is 10.6 Å². The molecular weight excluding hydrogens is 653 g/mol. The molecule has 4 rings (SSSR count). The second-order valence-electron chi connectivity index (χ2n) is 10.4. The van der Waals surface area contributed by atoms with Gasteiger partial charge in [-0.1, -0.05) is 103 Å². The minimum atomic E-state index is -4.23. The highest BCUT2D eigenvalue weighted by atomic mass is 35.5. The number of nitrogens with zero attached hydrogens (tertiary/aromatic N) is 2. The summed E-state index contributed by atoms with van der Waals surface area (Å²) in [5.41, 5.74) is 1.68. The molecule has 7 nitrogen and oxygen atoms in total. The summed E-state index contributed by atoms with van der Waals surface area (Å²) in [6.07, 6.45) is 1.84. The molecule has 4 aromatic rings. The first-order valence-electron chi connectivity index (χ1n) is 14.5. The third kappa shape index (κ3) is 9.23. The Bertz CT molecular complexity index is 1690. The molecular formula is C34H34Cl3N3O4S. The number of anilines is 1. The zero-order valence-electron chi connectivity index (χ0n) is 24.7. The monoisotopic (exact) mass is 685 g/mol. The fourth-order valence-electron chi connectivity index (χ4n) is 4.75. The number of nitrogens with one attached hydrogen (secondary N) is 1. The maximum atomic E-state index is 14.5. The molecule has 4 aromatic carbocycles. The van der Waals surface area contributed by atoms with E-state index in [1.807, 2.05) is 37.3 Å². The van der Waals surface area contributed by atoms with Crippen molar-refractivity contribution in [1.82, 2.24) is 10.2 Å². The van der Waals surface area contributed by atoms with Crippen LogP contribution < -0.4 is 9.62 Å². The molecule has 0 radical (unpaired) electrons. The highest BCUT2D eigenvalue weighted by Crippen LogP contribution is 2.27. The summed E-state index contributed by atoms with van der Waals surface area (Å²) in [5, 5.41) is 4.08. The Hall–Kier alpha value is -3.56. The fourth-order valence-corrected chi connectivity index (χ4v) is 6.76. The topological polar surface area (TPSA) is 86.8 Å². The number of hydrogen-bond acceptors (Lipinski definition) is 4. The van der Waals surface area contributed by atoms with Crippen LogP contribution in [0.4, 0.5) is 5.69 Å². The molecule has 0 saturated heterocycles. The summed E-state index contributed by atoms with van der Waals surface area (Å²) in [5.74, 6) is -0.938. The van der Waals surface area contributed by atoms with Gasteiger partial charge in [-0.05, 0) is 66.1 Å². The molecule has 0 aliphatic carbocycles. The number of hydrogen-bond donors (Lipinski definition) is 1. The minimum absolute atomic E-state index is 0.0333. The van der Waals surface area contributed by atoms with Gasteiger partial charge >= 0.3 is 0 Å². The van der Waals surface area contributed by atoms with Crippen LogP contribution in [0.3, 0.4) is 0 Å². The van der Waals surface area contributed by atoms with Gasteiger partial charge in [-0.15, -0.1) is 0 Å². The van der Waals surface area contributed by atoms with Crippen molar-refractivity contribution in [2.45, 2.75) is 43.7 Å². The van der Waals surface area contributed by atoms with E-state index in [4.69, 9.17) is 34.8 Å². The van der Waals surface area contributed by atoms with Gasteiger partial charge in [0, 0.05) is 34.6 Å². The molecule has 0 saturated carbocycles. The average molecular weight is 687 g/mol. The fraction of sp³-hybridized carbons (Fsp3) is 0.235. The molecule has 0 aliphatic rings. The van der Waals surface area contributed by atoms with Crippen molar-refractivity contribution in [2.75, 3.05) is 17.4 Å². The number of amides is 2. The predicted octanol–water partition coefficient (Wildman–Crippen LogP) is 7.40. The Kier molecular flexibility index (Phi) is 12.3. The maximum Gasteiger partial charge on any atom is 0.264 e. The largest absolute Gasteiger partial charge is 0.354 e. The summed E-state index contributed by atoms with van der Waals surface area (Å²) in [4.78, 5) is 29.6. The lowest BCUT2D eigenvalue weighted by atomic mass is 10.0. The number of unbranched alkanes of at least 4 members (excludes halogenated alkanes) is 1. The smallest absolute Gasteiger partial charge is 0.264 e. The van der Waals surface area contributed by atoms with Crippen LogP contribution in [0.5, 0.6) is 0 Å². The highest BCUT2D eigenvalue weighted by Gasteiger charge is 2.34. The number of para-hydroxylation sites is 1. The molecule has 0 aromatic heterocycles. The van der Waals surface area contributed by atoms with Crippen LogP contribution >= 0.6 is 34.8 Å². The third-order valence-corrected chi connectivity index (χ3v) is 9.81. The molecule has 1 N–H and O–H groups in total. The van der Waals surface area contributed by atoms with E-state index >= 15 is 0 Å². The van der Waals surface area contributed by atoms with E-state index in [-0.39, 0.29) is 29.5 Å². The van der Waals surface area contributed by atoms with Crippen LogP contribution in [-0.2, 0) is 32.6 Å². The van der Waals surface area contributed by atoms with Gasteiger partial charge in [-0.2, -0.15) is 0 Å². The normalized spacial score (nSPS) is 11.9. The van der Waals surface area contributed by atoms with Gasteiger partial charge in [0.15, 0.2) is 0 Å². The summed E-state index contributed by atoms with van der Waals surface area (Å²) in [7, 11) is -4.23. The van der Waals surface area contributed by atoms with E-state index in [0.29, 0.717) is 27.2 Å². The minimum Gasteiger partial charge on any atom is -0.354 e. The van der Waals surface area contributed by atoms with Gasteiger partial charge in [0.25, 0.3) is 10.0 Å². The SMILES string of the molecule is CCCCNC(=O)[C@H](Cc1ccccc1)N(Cc1ccc(Cl)cc1Cl)C(=O)CN(c1ccccc1)S(=O)(=O)c1ccc(Cl)cc1. The molecule has 2 amide bonds. The Morgan fingerprint density at radius 1 is 0.822 bits per heavy atom. The predicted molar refractivity (Wildman–Crippen MR) is 181 cm³/mol. The van der Waals surface area contributed by atoms with Crippen molar-refractivity contribution in [3.8, 4) is 0 Å². The van der Waals surface area contributed by atoms with Crippen molar-refractivity contribution in [3.05, 3.63) is 129 Å². The van der Waals surface area contributed by atoms with E-state index in [9.17, 15) is 18.0 Å². The van der Waals surface area contributed by atoms with Gasteiger partial charge in [-0.3, -0.25) is 13.9 Å². The van der Waals surface area contributed by atoms with Crippen LogP contribution in [0.2, 0.25) is 15.1 Å². The summed E-state index contributed by atoms with van der Waals surface area (Å²) in [6.45, 7) is 1.82. The zero-order valence-corrected chi connectivity index (χ0v) is 27.8. The van der Waals surface area contributed by atoms with Gasteiger partial charge in [0.1, 0.15) is 12.6 Å². The molecule has 11 heteroatoms. The first kappa shape index (κ1) is 34.3. The average Bonchev–Trinajstić information content (AvgIpc) is 3.03. The molecule has 45 heavy (non-hydrogen) atoms. The third-order valence-electron chi connectivity index (χ3n) is 7.18. The van der Waals surface area contributed by atoms with Gasteiger partial charge < -0.3 is 10.2 Å². The van der Waals surface area contributed by atoms with E-state index in [1.165, 1.54) is 29.2 Å². The summed E-state index contributed by atoms with van der Waals surface area (Å²) in [6, 6.07) is 27.4. The molecule has 0 fully saturated rings. The maximum absolute atomic E-state index is 14.5. The number of halogens is 3. The molecule has 0 aliphatic heterocycles. The van der Waals surface area contributed by atoms with Crippen molar-refractivity contribution in [3.63, 3.8) is 0 Å². The molecule has 0 spiro atoms. The Labute approximate surface area is 279 Å². The van der Waals surface area contributed by atoms with Crippen LogP contribution in [-0.4, -0.2) is 44.3 Å². The standard InChI is InChI=1S/C34H34Cl3N3O4S/c1-2-3-20-38-34(42)32(21-25-10-6-4-7-11-25)39(23-26-14-15-28(36)22-31(26)37)33(41)24-40(29-12-8-5-9-13-29)45(43,44)30-18-16-27(35)17-19-30/h4-19,22,32H,2-3,20-21,23-24H2,1H3,(H,38,42)/t32-/m0/s1. The molecule has 236 valence electrons. The number of carbonyl (C=O) groups is 2. The molecule has 0 bridgehead atoms. The lowest BCUT2D eigenvalue weighted by Gasteiger charge is -2.34. The van der Waals surface area contributed by atoms with E-state index < -0.39 is 28.5 Å². The number of sulfonamides is 1. The lowest BCUT2D eigenvalue weighted by Crippen LogP contribution is -2.53. The van der Waals surface area contributed by atoms with E-state index in [1.54, 1.807) is 48.5 Å². The molecule has 0 unspecified atom stereocenters. The summed E-state index contributed by atoms with van der Waals surface area (Å²) >= 11 is 18.7. The number of rotatable bonds is 14. The van der Waals surface area contributed by atoms with Crippen molar-refractivity contribution >= 4 is 62.3 Å². The molecule has 1 atom stereocenters. The zero-order chi connectivity index (χ0) is 32.4. The lowest BCUT2D eigenvalue weighted by molar-refractivity contribution is -0.140. The molecule has 0 heterocycles. The Morgan fingerprint density at radius 2 is 1.44 bits per heavy atom. The second-order valence-corrected chi connectivity index (χ2v) is 13.6. The Balaban J connectivity index is 1.79. The van der Waals surface area contributed by atoms with Gasteiger partial charge in [0.2, 0.25) is 11.8 Å². The quantitative estimate of drug-likeness (QED) is 0.140. The van der Waals surface area contributed by atoms with Crippen LogP contribution in [0.15, 0.2) is 108 Å². The van der Waals surface area contributed by atoms with Crippen molar-refractivity contribution < 1.29 is 18.0 Å². The van der Waals surface area contributed by atoms with Crippen LogP contribution in [0, 0.1) is 0 Å². The van der Waals surface area contributed by atoms with Gasteiger partial charge in [-0.25, -0.2) is 8.42 Å².